The SMILES string of the molecule is O=c1cnn(Cc2nnc(Cl)s2)c2ccccc12. The lowest BCUT2D eigenvalue weighted by Crippen LogP contribution is -2.12. The predicted octanol–water partition coefficient (Wildman–Crippen LogP) is 1.95. The van der Waals surface area contributed by atoms with Gasteiger partial charge in [-0.15, -0.1) is 10.2 Å². The van der Waals surface area contributed by atoms with Gasteiger partial charge in [0.15, 0.2) is 0 Å². The Hall–Kier alpha value is -1.79. The van der Waals surface area contributed by atoms with Crippen molar-refractivity contribution in [3.63, 3.8) is 0 Å². The molecule has 2 aromatic heterocycles. The highest BCUT2D eigenvalue weighted by molar-refractivity contribution is 7.15. The molecule has 0 aliphatic carbocycles. The molecule has 0 amide bonds. The Morgan fingerprint density at radius 2 is 2.11 bits per heavy atom. The quantitative estimate of drug-likeness (QED) is 0.719. The van der Waals surface area contributed by atoms with Crippen molar-refractivity contribution in [1.82, 2.24) is 20.0 Å². The molecular weight excluding hydrogens is 272 g/mol. The molecule has 2 heterocycles. The first-order valence-electron chi connectivity index (χ1n) is 5.17. The lowest BCUT2D eigenvalue weighted by molar-refractivity contribution is 0.685. The van der Waals surface area contributed by atoms with Crippen molar-refractivity contribution in [3.05, 3.63) is 50.2 Å². The molecular formula is C11H7ClN4OS. The fourth-order valence-corrected chi connectivity index (χ4v) is 2.56. The third-order valence-corrected chi connectivity index (χ3v) is 3.49. The van der Waals surface area contributed by atoms with Crippen LogP contribution in [0, 0.1) is 0 Å². The molecule has 0 spiro atoms. The second-order valence-electron chi connectivity index (χ2n) is 3.63. The highest BCUT2D eigenvalue weighted by atomic mass is 35.5. The molecule has 0 atom stereocenters. The third kappa shape index (κ3) is 2.00. The fraction of sp³-hybridized carbons (Fsp3) is 0.0909. The van der Waals surface area contributed by atoms with E-state index in [1.54, 1.807) is 10.7 Å². The Morgan fingerprint density at radius 1 is 1.28 bits per heavy atom. The largest absolute Gasteiger partial charge is 0.287 e. The predicted molar refractivity (Wildman–Crippen MR) is 70.0 cm³/mol. The standard InChI is InChI=1S/C11H7ClN4OS/c12-11-15-14-10(18-11)6-16-8-4-2-1-3-7(8)9(17)5-13-16/h1-5H,6H2. The van der Waals surface area contributed by atoms with E-state index in [2.05, 4.69) is 15.3 Å². The minimum atomic E-state index is -0.0860. The molecule has 1 aromatic carbocycles. The fourth-order valence-electron chi connectivity index (χ4n) is 1.71. The molecule has 18 heavy (non-hydrogen) atoms. The van der Waals surface area contributed by atoms with Crippen LogP contribution >= 0.6 is 22.9 Å². The first-order valence-corrected chi connectivity index (χ1v) is 6.36. The highest BCUT2D eigenvalue weighted by Crippen LogP contribution is 2.17. The topological polar surface area (TPSA) is 60.7 Å². The Labute approximate surface area is 111 Å². The number of halogens is 1. The van der Waals surface area contributed by atoms with Crippen molar-refractivity contribution >= 4 is 33.8 Å². The van der Waals surface area contributed by atoms with E-state index in [-0.39, 0.29) is 5.43 Å². The zero-order valence-electron chi connectivity index (χ0n) is 9.08. The van der Waals surface area contributed by atoms with Gasteiger partial charge < -0.3 is 0 Å². The van der Waals surface area contributed by atoms with Gasteiger partial charge in [0.2, 0.25) is 9.90 Å². The van der Waals surface area contributed by atoms with Crippen molar-refractivity contribution in [3.8, 4) is 0 Å². The maximum Gasteiger partial charge on any atom is 0.207 e. The van der Waals surface area contributed by atoms with E-state index in [0.717, 1.165) is 10.5 Å². The van der Waals surface area contributed by atoms with Crippen LogP contribution in [0.1, 0.15) is 5.01 Å². The van der Waals surface area contributed by atoms with Gasteiger partial charge in [0, 0.05) is 5.39 Å². The summed E-state index contributed by atoms with van der Waals surface area (Å²) in [4.78, 5) is 11.7. The maximum atomic E-state index is 11.7. The van der Waals surface area contributed by atoms with Crippen LogP contribution < -0.4 is 5.43 Å². The van der Waals surface area contributed by atoms with Crippen molar-refractivity contribution < 1.29 is 0 Å². The molecule has 0 unspecified atom stereocenters. The summed E-state index contributed by atoms with van der Waals surface area (Å²) in [7, 11) is 0. The third-order valence-electron chi connectivity index (χ3n) is 2.49. The minimum absolute atomic E-state index is 0.0860. The van der Waals surface area contributed by atoms with Gasteiger partial charge in [-0.1, -0.05) is 23.5 Å². The summed E-state index contributed by atoms with van der Waals surface area (Å²) in [5.74, 6) is 0. The van der Waals surface area contributed by atoms with E-state index < -0.39 is 0 Å². The van der Waals surface area contributed by atoms with Gasteiger partial charge in [-0.3, -0.25) is 9.48 Å². The number of para-hydroxylation sites is 1. The smallest absolute Gasteiger partial charge is 0.207 e. The second-order valence-corrected chi connectivity index (χ2v) is 5.28. The molecule has 3 rings (SSSR count). The molecule has 0 N–H and O–H groups in total. The number of fused-ring (bicyclic) bond motifs is 1. The molecule has 0 fully saturated rings. The van der Waals surface area contributed by atoms with Crippen molar-refractivity contribution in [2.24, 2.45) is 0 Å². The molecule has 0 radical (unpaired) electrons. The number of hydrogen-bond donors (Lipinski definition) is 0. The van der Waals surface area contributed by atoms with Gasteiger partial charge in [-0.25, -0.2) is 0 Å². The summed E-state index contributed by atoms with van der Waals surface area (Å²) in [6.07, 6.45) is 1.31. The van der Waals surface area contributed by atoms with Crippen molar-refractivity contribution in [2.75, 3.05) is 0 Å². The van der Waals surface area contributed by atoms with Crippen LogP contribution in [-0.2, 0) is 6.54 Å². The van der Waals surface area contributed by atoms with E-state index in [0.29, 0.717) is 16.4 Å². The number of rotatable bonds is 2. The lowest BCUT2D eigenvalue weighted by Gasteiger charge is -2.06. The summed E-state index contributed by atoms with van der Waals surface area (Å²) >= 11 is 7.03. The number of benzene rings is 1. The summed E-state index contributed by atoms with van der Waals surface area (Å²) in [6.45, 7) is 0.450. The van der Waals surface area contributed by atoms with Crippen LogP contribution in [0.5, 0.6) is 0 Å². The molecule has 7 heteroatoms. The lowest BCUT2D eigenvalue weighted by atomic mass is 10.2. The summed E-state index contributed by atoms with van der Waals surface area (Å²) in [5, 5.41) is 13.2. The second kappa shape index (κ2) is 4.47. The molecule has 90 valence electrons. The van der Waals surface area contributed by atoms with Crippen LogP contribution in [0.25, 0.3) is 10.9 Å². The Kier molecular flexibility index (Phi) is 2.81. The number of nitrogens with zero attached hydrogens (tertiary/aromatic N) is 4. The normalized spacial score (nSPS) is 10.9. The molecule has 0 aliphatic heterocycles. The zero-order valence-corrected chi connectivity index (χ0v) is 10.6. The van der Waals surface area contributed by atoms with Crippen LogP contribution in [0.4, 0.5) is 0 Å². The maximum absolute atomic E-state index is 11.7. The molecule has 0 saturated carbocycles. The van der Waals surface area contributed by atoms with Crippen LogP contribution in [0.15, 0.2) is 35.3 Å². The van der Waals surface area contributed by atoms with E-state index in [1.165, 1.54) is 17.5 Å². The van der Waals surface area contributed by atoms with E-state index in [9.17, 15) is 4.79 Å². The summed E-state index contributed by atoms with van der Waals surface area (Å²) in [6, 6.07) is 7.33. The molecule has 0 saturated heterocycles. The van der Waals surface area contributed by atoms with Crippen LogP contribution in [-0.4, -0.2) is 20.0 Å². The first kappa shape index (κ1) is 11.3. The van der Waals surface area contributed by atoms with Crippen molar-refractivity contribution in [2.45, 2.75) is 6.54 Å². The van der Waals surface area contributed by atoms with Crippen molar-refractivity contribution in [1.29, 1.82) is 0 Å². The van der Waals surface area contributed by atoms with E-state index >= 15 is 0 Å². The Morgan fingerprint density at radius 3 is 2.89 bits per heavy atom. The Bertz CT molecular complexity index is 767. The Balaban J connectivity index is 2.12. The first-order chi connectivity index (χ1) is 8.74. The zero-order chi connectivity index (χ0) is 12.5. The average molecular weight is 279 g/mol. The highest BCUT2D eigenvalue weighted by Gasteiger charge is 2.07. The molecule has 0 aliphatic rings. The number of aromatic nitrogens is 4. The van der Waals surface area contributed by atoms with Crippen LogP contribution in [0.2, 0.25) is 4.47 Å². The average Bonchev–Trinajstić information content (AvgIpc) is 2.79. The summed E-state index contributed by atoms with van der Waals surface area (Å²) in [5.41, 5.74) is 0.688. The summed E-state index contributed by atoms with van der Waals surface area (Å²) < 4.78 is 2.11. The van der Waals surface area contributed by atoms with Gasteiger partial charge in [0.05, 0.1) is 18.3 Å². The van der Waals surface area contributed by atoms with Gasteiger partial charge in [0.1, 0.15) is 5.01 Å². The minimum Gasteiger partial charge on any atom is -0.287 e. The molecule has 3 aromatic rings. The van der Waals surface area contributed by atoms with Gasteiger partial charge in [0.25, 0.3) is 0 Å². The van der Waals surface area contributed by atoms with Crippen LogP contribution in [0.3, 0.4) is 0 Å². The number of hydrogen-bond acceptors (Lipinski definition) is 5. The van der Waals surface area contributed by atoms with Gasteiger partial charge in [-0.05, 0) is 23.7 Å². The van der Waals surface area contributed by atoms with Gasteiger partial charge >= 0.3 is 0 Å². The molecule has 5 nitrogen and oxygen atoms in total. The monoisotopic (exact) mass is 278 g/mol. The van der Waals surface area contributed by atoms with E-state index in [1.807, 2.05) is 18.2 Å². The van der Waals surface area contributed by atoms with E-state index in [4.69, 9.17) is 11.6 Å². The van der Waals surface area contributed by atoms with Gasteiger partial charge in [-0.2, -0.15) is 5.10 Å². The molecule has 0 bridgehead atoms.